The van der Waals surface area contributed by atoms with E-state index in [1.807, 2.05) is 0 Å². The minimum atomic E-state index is -1.76. The molecule has 0 aromatic rings. The predicted octanol–water partition coefficient (Wildman–Crippen LogP) is 3.17. The Morgan fingerprint density at radius 3 is 2.35 bits per heavy atom. The summed E-state index contributed by atoms with van der Waals surface area (Å²) in [5.41, 5.74) is 0. The Morgan fingerprint density at radius 1 is 1.35 bits per heavy atom. The summed E-state index contributed by atoms with van der Waals surface area (Å²) in [6.45, 7) is 15.5. The lowest BCUT2D eigenvalue weighted by Crippen LogP contribution is -2.43. The van der Waals surface area contributed by atoms with Crippen LogP contribution in [0.5, 0.6) is 0 Å². The van der Waals surface area contributed by atoms with Crippen molar-refractivity contribution in [3.63, 3.8) is 0 Å². The molecule has 0 heterocycles. The number of hydrogen-bond acceptors (Lipinski definition) is 3. The van der Waals surface area contributed by atoms with Crippen molar-refractivity contribution in [3.05, 3.63) is 12.7 Å². The molecule has 17 heavy (non-hydrogen) atoms. The molecule has 0 aromatic carbocycles. The number of hydrogen-bond donors (Lipinski definition) is 0. The molecule has 1 atom stereocenters. The molecule has 0 N–H and O–H groups in total. The van der Waals surface area contributed by atoms with E-state index in [1.54, 1.807) is 6.08 Å². The molecular formula is C13H26O3Si. The number of ether oxygens (including phenoxy) is 1. The highest BCUT2D eigenvalue weighted by Gasteiger charge is 2.37. The van der Waals surface area contributed by atoms with Gasteiger partial charge in [-0.1, -0.05) is 26.8 Å². The summed E-state index contributed by atoms with van der Waals surface area (Å²) < 4.78 is 11.5. The first kappa shape index (κ1) is 16.5. The van der Waals surface area contributed by atoms with E-state index < -0.39 is 8.32 Å². The van der Waals surface area contributed by atoms with Gasteiger partial charge in [0, 0.05) is 6.42 Å². The predicted molar refractivity (Wildman–Crippen MR) is 73.8 cm³/mol. The van der Waals surface area contributed by atoms with E-state index in [0.717, 1.165) is 6.29 Å². The quantitative estimate of drug-likeness (QED) is 0.381. The smallest absolute Gasteiger partial charge is 0.192 e. The van der Waals surface area contributed by atoms with E-state index >= 15 is 0 Å². The van der Waals surface area contributed by atoms with Gasteiger partial charge in [0.15, 0.2) is 8.32 Å². The molecule has 0 aliphatic carbocycles. The van der Waals surface area contributed by atoms with E-state index in [4.69, 9.17) is 9.16 Å². The maximum Gasteiger partial charge on any atom is 0.192 e. The van der Waals surface area contributed by atoms with E-state index in [-0.39, 0.29) is 11.1 Å². The van der Waals surface area contributed by atoms with E-state index in [0.29, 0.717) is 19.6 Å². The van der Waals surface area contributed by atoms with E-state index in [1.165, 1.54) is 0 Å². The minimum absolute atomic E-state index is 0.153. The van der Waals surface area contributed by atoms with Crippen LogP contribution in [0, 0.1) is 0 Å². The average Bonchev–Trinajstić information content (AvgIpc) is 2.20. The van der Waals surface area contributed by atoms with Crippen LogP contribution in [0.1, 0.15) is 27.2 Å². The molecular weight excluding hydrogens is 232 g/mol. The summed E-state index contributed by atoms with van der Waals surface area (Å²) in [6, 6.07) is 0. The van der Waals surface area contributed by atoms with Gasteiger partial charge < -0.3 is 14.0 Å². The molecule has 0 amide bonds. The summed E-state index contributed by atoms with van der Waals surface area (Å²) in [4.78, 5) is 10.5. The van der Waals surface area contributed by atoms with Crippen molar-refractivity contribution >= 4 is 14.6 Å². The Bertz CT molecular complexity index is 244. The highest BCUT2D eigenvalue weighted by molar-refractivity contribution is 6.74. The number of carbonyl (C=O) groups is 1. The molecule has 0 aromatic heterocycles. The molecule has 0 saturated carbocycles. The third-order valence-corrected chi connectivity index (χ3v) is 7.75. The SMILES string of the molecule is C=CCO[C@@H](CC=O)CO[Si](C)(C)C(C)(C)C. The van der Waals surface area contributed by atoms with Crippen LogP contribution in [-0.2, 0) is 14.0 Å². The molecule has 0 bridgehead atoms. The van der Waals surface area contributed by atoms with Gasteiger partial charge >= 0.3 is 0 Å². The Labute approximate surface area is 106 Å². The fraction of sp³-hybridized carbons (Fsp3) is 0.769. The largest absolute Gasteiger partial charge is 0.414 e. The first-order valence-electron chi connectivity index (χ1n) is 6.04. The fourth-order valence-electron chi connectivity index (χ4n) is 1.01. The highest BCUT2D eigenvalue weighted by Crippen LogP contribution is 2.36. The van der Waals surface area contributed by atoms with Gasteiger partial charge in [-0.05, 0) is 18.1 Å². The number of carbonyl (C=O) groups excluding carboxylic acids is 1. The number of aldehydes is 1. The van der Waals surface area contributed by atoms with Crippen LogP contribution < -0.4 is 0 Å². The summed E-state index contributed by atoms with van der Waals surface area (Å²) in [6.07, 6.45) is 2.79. The summed E-state index contributed by atoms with van der Waals surface area (Å²) >= 11 is 0. The first-order valence-corrected chi connectivity index (χ1v) is 8.95. The normalized spacial score (nSPS) is 14.4. The van der Waals surface area contributed by atoms with Crippen LogP contribution in [0.4, 0.5) is 0 Å². The van der Waals surface area contributed by atoms with Crippen molar-refractivity contribution < 1.29 is 14.0 Å². The molecule has 100 valence electrons. The van der Waals surface area contributed by atoms with Crippen LogP contribution in [0.3, 0.4) is 0 Å². The Morgan fingerprint density at radius 2 is 1.94 bits per heavy atom. The van der Waals surface area contributed by atoms with Crippen molar-refractivity contribution in [2.45, 2.75) is 51.4 Å². The lowest BCUT2D eigenvalue weighted by molar-refractivity contribution is -0.110. The summed E-state index contributed by atoms with van der Waals surface area (Å²) in [5, 5.41) is 0.178. The minimum Gasteiger partial charge on any atom is -0.414 e. The molecule has 0 saturated heterocycles. The topological polar surface area (TPSA) is 35.5 Å². The first-order chi connectivity index (χ1) is 7.74. The average molecular weight is 258 g/mol. The molecule has 0 unspecified atom stereocenters. The van der Waals surface area contributed by atoms with Gasteiger partial charge in [0.1, 0.15) is 6.29 Å². The second kappa shape index (κ2) is 7.09. The molecule has 4 heteroatoms. The van der Waals surface area contributed by atoms with Gasteiger partial charge in [-0.2, -0.15) is 0 Å². The Balaban J connectivity index is 4.28. The number of rotatable bonds is 8. The second-order valence-electron chi connectivity index (χ2n) is 5.72. The van der Waals surface area contributed by atoms with Gasteiger partial charge in [-0.25, -0.2) is 0 Å². The molecule has 0 fully saturated rings. The van der Waals surface area contributed by atoms with Crippen LogP contribution in [0.2, 0.25) is 18.1 Å². The van der Waals surface area contributed by atoms with Gasteiger partial charge in [-0.3, -0.25) is 0 Å². The lowest BCUT2D eigenvalue weighted by atomic mass is 10.2. The molecule has 0 rings (SSSR count). The fourth-order valence-corrected chi connectivity index (χ4v) is 2.05. The Kier molecular flexibility index (Phi) is 6.90. The van der Waals surface area contributed by atoms with Crippen molar-refractivity contribution in [1.29, 1.82) is 0 Å². The van der Waals surface area contributed by atoms with Gasteiger partial charge in [-0.15, -0.1) is 6.58 Å². The Hall–Kier alpha value is -0.453. The van der Waals surface area contributed by atoms with Crippen LogP contribution in [0.25, 0.3) is 0 Å². The zero-order chi connectivity index (χ0) is 13.5. The maximum atomic E-state index is 10.5. The van der Waals surface area contributed by atoms with Gasteiger partial charge in [0.25, 0.3) is 0 Å². The van der Waals surface area contributed by atoms with Crippen molar-refractivity contribution in [2.75, 3.05) is 13.2 Å². The van der Waals surface area contributed by atoms with Crippen molar-refractivity contribution in [1.82, 2.24) is 0 Å². The van der Waals surface area contributed by atoms with Crippen molar-refractivity contribution in [2.24, 2.45) is 0 Å². The summed E-state index contributed by atoms with van der Waals surface area (Å²) in [7, 11) is -1.76. The van der Waals surface area contributed by atoms with Crippen LogP contribution in [-0.4, -0.2) is 33.9 Å². The molecule has 3 nitrogen and oxygen atoms in total. The standard InChI is InChI=1S/C13H26O3Si/c1-7-10-15-12(8-9-14)11-16-17(5,6)13(2,3)4/h7,9,12H,1,8,10-11H2,2-6H3/t12-/m0/s1. The third kappa shape index (κ3) is 6.15. The zero-order valence-corrected chi connectivity index (χ0v) is 12.8. The van der Waals surface area contributed by atoms with Gasteiger partial charge in [0.05, 0.1) is 19.3 Å². The third-order valence-electron chi connectivity index (χ3n) is 3.25. The second-order valence-corrected chi connectivity index (χ2v) is 10.5. The molecule has 0 spiro atoms. The van der Waals surface area contributed by atoms with Crippen molar-refractivity contribution in [3.8, 4) is 0 Å². The highest BCUT2D eigenvalue weighted by atomic mass is 28.4. The van der Waals surface area contributed by atoms with E-state index in [9.17, 15) is 4.79 Å². The summed E-state index contributed by atoms with van der Waals surface area (Å²) in [5.74, 6) is 0. The van der Waals surface area contributed by atoms with Crippen LogP contribution >= 0.6 is 0 Å². The molecule has 0 aliphatic heterocycles. The maximum absolute atomic E-state index is 10.5. The molecule has 0 aliphatic rings. The van der Waals surface area contributed by atoms with Gasteiger partial charge in [0.2, 0.25) is 0 Å². The van der Waals surface area contributed by atoms with Crippen LogP contribution in [0.15, 0.2) is 12.7 Å². The van der Waals surface area contributed by atoms with E-state index in [2.05, 4.69) is 40.4 Å². The monoisotopic (exact) mass is 258 g/mol. The zero-order valence-electron chi connectivity index (χ0n) is 11.8. The molecule has 0 radical (unpaired) electrons. The lowest BCUT2D eigenvalue weighted by Gasteiger charge is -2.37.